The Labute approximate surface area is 193 Å². The maximum Gasteiger partial charge on any atom is 0.309 e. The van der Waals surface area contributed by atoms with E-state index in [1.807, 2.05) is 60.4 Å². The number of aliphatic carboxylic acids is 1. The second kappa shape index (κ2) is 9.67. The van der Waals surface area contributed by atoms with Crippen molar-refractivity contribution in [1.29, 1.82) is 0 Å². The molecule has 4 rings (SSSR count). The van der Waals surface area contributed by atoms with Gasteiger partial charge in [0.2, 0.25) is 5.91 Å². The Hall–Kier alpha value is -3.32. The molecule has 0 radical (unpaired) electrons. The maximum atomic E-state index is 13.0. The van der Waals surface area contributed by atoms with Crippen LogP contribution in [0.3, 0.4) is 0 Å². The monoisotopic (exact) mass is 450 g/mol. The van der Waals surface area contributed by atoms with Crippen LogP contribution in [0, 0.1) is 5.92 Å². The number of methoxy groups -OCH3 is 1. The normalized spacial score (nSPS) is 20.8. The van der Waals surface area contributed by atoms with E-state index in [-0.39, 0.29) is 18.4 Å². The number of carbonyl (C=O) groups excluding carboxylic acids is 1. The number of furan rings is 1. The van der Waals surface area contributed by atoms with E-state index in [4.69, 9.17) is 9.15 Å². The Morgan fingerprint density at radius 2 is 1.94 bits per heavy atom. The summed E-state index contributed by atoms with van der Waals surface area (Å²) >= 11 is 0. The van der Waals surface area contributed by atoms with Gasteiger partial charge < -0.3 is 19.2 Å². The number of nitrogens with zero attached hydrogens (tertiary/aromatic N) is 2. The molecule has 0 unspecified atom stereocenters. The fraction of sp³-hybridized carbons (Fsp3) is 0.385. The second-order valence-electron chi connectivity index (χ2n) is 8.61. The van der Waals surface area contributed by atoms with E-state index in [9.17, 15) is 14.7 Å². The molecule has 0 aliphatic carbocycles. The molecule has 2 heterocycles. The van der Waals surface area contributed by atoms with Crippen LogP contribution in [0.15, 0.2) is 59.2 Å². The molecule has 7 nitrogen and oxygen atoms in total. The van der Waals surface area contributed by atoms with Gasteiger partial charge in [-0.05, 0) is 41.8 Å². The predicted molar refractivity (Wildman–Crippen MR) is 125 cm³/mol. The Morgan fingerprint density at radius 3 is 2.61 bits per heavy atom. The van der Waals surface area contributed by atoms with Crippen molar-refractivity contribution in [3.8, 4) is 5.75 Å². The summed E-state index contributed by atoms with van der Waals surface area (Å²) < 4.78 is 10.8. The van der Waals surface area contributed by atoms with Crippen molar-refractivity contribution >= 4 is 22.8 Å². The van der Waals surface area contributed by atoms with Crippen molar-refractivity contribution < 1.29 is 23.8 Å². The summed E-state index contributed by atoms with van der Waals surface area (Å²) in [4.78, 5) is 29.3. The number of carbonyl (C=O) groups is 2. The van der Waals surface area contributed by atoms with E-state index in [1.165, 1.54) is 0 Å². The zero-order chi connectivity index (χ0) is 23.5. The quantitative estimate of drug-likeness (QED) is 0.555. The largest absolute Gasteiger partial charge is 0.497 e. The maximum absolute atomic E-state index is 13.0. The number of hydrogen-bond acceptors (Lipinski definition) is 5. The number of fused-ring (bicyclic) bond motifs is 1. The van der Waals surface area contributed by atoms with Gasteiger partial charge in [0.05, 0.1) is 25.8 Å². The molecule has 174 valence electrons. The summed E-state index contributed by atoms with van der Waals surface area (Å²) in [5.74, 6) is -1.20. The Kier molecular flexibility index (Phi) is 6.70. The average molecular weight is 451 g/mol. The minimum absolute atomic E-state index is 0.0123. The van der Waals surface area contributed by atoms with Crippen LogP contribution in [-0.4, -0.2) is 60.6 Å². The van der Waals surface area contributed by atoms with Gasteiger partial charge in [0.15, 0.2) is 0 Å². The molecule has 1 aliphatic heterocycles. The molecule has 33 heavy (non-hydrogen) atoms. The Bertz CT molecular complexity index is 1120. The van der Waals surface area contributed by atoms with Crippen molar-refractivity contribution in [3.05, 3.63) is 65.9 Å². The van der Waals surface area contributed by atoms with Crippen LogP contribution < -0.4 is 4.74 Å². The molecule has 0 saturated carbocycles. The molecule has 0 spiro atoms. The lowest BCUT2D eigenvalue weighted by atomic mass is 9.82. The first-order valence-corrected chi connectivity index (χ1v) is 11.3. The number of ether oxygens (including phenoxy) is 1. The van der Waals surface area contributed by atoms with Crippen LogP contribution in [-0.2, 0) is 9.59 Å². The molecule has 0 bridgehead atoms. The predicted octanol–water partition coefficient (Wildman–Crippen LogP) is 4.15. The minimum atomic E-state index is -0.877. The lowest BCUT2D eigenvalue weighted by Gasteiger charge is -2.28. The van der Waals surface area contributed by atoms with E-state index in [0.717, 1.165) is 28.5 Å². The molecule has 7 heteroatoms. The first-order valence-electron chi connectivity index (χ1n) is 11.3. The molecule has 1 aromatic heterocycles. The molecular weight excluding hydrogens is 420 g/mol. The molecule has 2 aromatic carbocycles. The summed E-state index contributed by atoms with van der Waals surface area (Å²) in [6.07, 6.45) is 2.49. The SMILES string of the molecule is CCCN(C)C(=O)CN1C[C@H](c2cccc3occc23)[C@H](C(=O)O)[C@H]1c1ccc(OC)cc1. The van der Waals surface area contributed by atoms with Crippen LogP contribution in [0.25, 0.3) is 11.0 Å². The molecule has 1 amide bonds. The van der Waals surface area contributed by atoms with E-state index in [2.05, 4.69) is 0 Å². The Morgan fingerprint density at radius 1 is 1.18 bits per heavy atom. The van der Waals surface area contributed by atoms with Crippen LogP contribution >= 0.6 is 0 Å². The third-order valence-corrected chi connectivity index (χ3v) is 6.59. The molecule has 3 aromatic rings. The van der Waals surface area contributed by atoms with Gasteiger partial charge in [0, 0.05) is 37.5 Å². The summed E-state index contributed by atoms with van der Waals surface area (Å²) in [6.45, 7) is 3.32. The third kappa shape index (κ3) is 4.46. The van der Waals surface area contributed by atoms with Crippen LogP contribution in [0.1, 0.15) is 36.4 Å². The highest BCUT2D eigenvalue weighted by Crippen LogP contribution is 2.47. The summed E-state index contributed by atoms with van der Waals surface area (Å²) in [7, 11) is 3.39. The van der Waals surface area contributed by atoms with Crippen molar-refractivity contribution in [2.24, 2.45) is 5.92 Å². The van der Waals surface area contributed by atoms with Crippen molar-refractivity contribution in [2.45, 2.75) is 25.3 Å². The number of rotatable bonds is 8. The Balaban J connectivity index is 1.76. The summed E-state index contributed by atoms with van der Waals surface area (Å²) in [6, 6.07) is 14.6. The standard InChI is InChI=1S/C26H30N2O5/c1-4-13-27(2)23(29)16-28-15-21(19-6-5-7-22-20(19)12-14-33-22)24(26(30)31)25(28)17-8-10-18(32-3)11-9-17/h5-12,14,21,24-25H,4,13,15-16H2,1-3H3,(H,30,31)/t21-,24+,25-/m1/s1. The molecular formula is C26H30N2O5. The van der Waals surface area contributed by atoms with Crippen LogP contribution in [0.4, 0.5) is 0 Å². The number of likely N-dealkylation sites (tertiary alicyclic amines) is 1. The van der Waals surface area contributed by atoms with Crippen molar-refractivity contribution in [2.75, 3.05) is 33.8 Å². The number of hydrogen-bond donors (Lipinski definition) is 1. The summed E-state index contributed by atoms with van der Waals surface area (Å²) in [5, 5.41) is 11.3. The lowest BCUT2D eigenvalue weighted by molar-refractivity contribution is -0.143. The topological polar surface area (TPSA) is 83.2 Å². The molecule has 1 saturated heterocycles. The van der Waals surface area contributed by atoms with Crippen LogP contribution in [0.5, 0.6) is 5.75 Å². The molecule has 1 aliphatic rings. The summed E-state index contributed by atoms with van der Waals surface area (Å²) in [5.41, 5.74) is 2.52. The lowest BCUT2D eigenvalue weighted by Crippen LogP contribution is -2.39. The van der Waals surface area contributed by atoms with Gasteiger partial charge in [-0.2, -0.15) is 0 Å². The van der Waals surface area contributed by atoms with Crippen molar-refractivity contribution in [1.82, 2.24) is 9.80 Å². The van der Waals surface area contributed by atoms with Crippen LogP contribution in [0.2, 0.25) is 0 Å². The van der Waals surface area contributed by atoms with E-state index < -0.39 is 17.9 Å². The second-order valence-corrected chi connectivity index (χ2v) is 8.61. The first-order chi connectivity index (χ1) is 15.9. The average Bonchev–Trinajstić information content (AvgIpc) is 3.44. The number of benzene rings is 2. The van der Waals surface area contributed by atoms with Gasteiger partial charge in [-0.15, -0.1) is 0 Å². The number of likely N-dealkylation sites (N-methyl/N-ethyl adjacent to an activating group) is 1. The third-order valence-electron chi connectivity index (χ3n) is 6.59. The van der Waals surface area contributed by atoms with Gasteiger partial charge in [-0.3, -0.25) is 14.5 Å². The van der Waals surface area contributed by atoms with Gasteiger partial charge in [-0.1, -0.05) is 31.2 Å². The number of carboxylic acid groups (broad SMARTS) is 1. The highest BCUT2D eigenvalue weighted by atomic mass is 16.5. The molecule has 3 atom stereocenters. The fourth-order valence-electron chi connectivity index (χ4n) is 5.00. The minimum Gasteiger partial charge on any atom is -0.497 e. The van der Waals surface area contributed by atoms with Crippen molar-refractivity contribution in [3.63, 3.8) is 0 Å². The number of carboxylic acids is 1. The number of amides is 1. The van der Waals surface area contributed by atoms with Gasteiger partial charge in [-0.25, -0.2) is 0 Å². The van der Waals surface area contributed by atoms with Gasteiger partial charge >= 0.3 is 5.97 Å². The highest BCUT2D eigenvalue weighted by molar-refractivity contribution is 5.84. The van der Waals surface area contributed by atoms with Gasteiger partial charge in [0.1, 0.15) is 11.3 Å². The molecule has 1 N–H and O–H groups in total. The van der Waals surface area contributed by atoms with E-state index in [0.29, 0.717) is 18.8 Å². The van der Waals surface area contributed by atoms with E-state index >= 15 is 0 Å². The van der Waals surface area contributed by atoms with E-state index in [1.54, 1.807) is 25.3 Å². The highest BCUT2D eigenvalue weighted by Gasteiger charge is 2.48. The zero-order valence-electron chi connectivity index (χ0n) is 19.2. The molecule has 1 fully saturated rings. The van der Waals surface area contributed by atoms with Gasteiger partial charge in [0.25, 0.3) is 0 Å². The first kappa shape index (κ1) is 22.9. The zero-order valence-corrected chi connectivity index (χ0v) is 19.2. The fourth-order valence-corrected chi connectivity index (χ4v) is 5.00. The smallest absolute Gasteiger partial charge is 0.309 e.